The van der Waals surface area contributed by atoms with E-state index >= 15 is 0 Å². The lowest BCUT2D eigenvalue weighted by Gasteiger charge is -2.06. The van der Waals surface area contributed by atoms with E-state index in [0.717, 1.165) is 29.8 Å². The number of aromatic nitrogens is 4. The highest BCUT2D eigenvalue weighted by Crippen LogP contribution is 2.18. The molecule has 0 amide bonds. The summed E-state index contributed by atoms with van der Waals surface area (Å²) in [7, 11) is 1.98. The maximum Gasteiger partial charge on any atom is 0.154 e. The molecule has 3 rings (SSSR count). The second-order valence-corrected chi connectivity index (χ2v) is 4.42. The van der Waals surface area contributed by atoms with Gasteiger partial charge in [-0.2, -0.15) is 0 Å². The Balaban J connectivity index is 1.72. The van der Waals surface area contributed by atoms with Crippen LogP contribution in [0.15, 0.2) is 43.1 Å². The van der Waals surface area contributed by atoms with Gasteiger partial charge < -0.3 is 9.88 Å². The minimum Gasteiger partial charge on any atom is -0.368 e. The van der Waals surface area contributed by atoms with Crippen molar-refractivity contribution in [2.45, 2.75) is 6.42 Å². The first kappa shape index (κ1) is 11.6. The zero-order valence-electron chi connectivity index (χ0n) is 10.7. The number of hydrogen-bond acceptors (Lipinski definition) is 4. The summed E-state index contributed by atoms with van der Waals surface area (Å²) in [5.74, 6) is 0.835. The SMILES string of the molecule is Cn1cnc2c(NCCc3cccnc3)nccc21. The van der Waals surface area contributed by atoms with Crippen LogP contribution in [0, 0.1) is 0 Å². The van der Waals surface area contributed by atoms with Gasteiger partial charge in [-0.05, 0) is 24.1 Å². The quantitative estimate of drug-likeness (QED) is 0.773. The van der Waals surface area contributed by atoms with Crippen LogP contribution < -0.4 is 5.32 Å². The van der Waals surface area contributed by atoms with Crippen molar-refractivity contribution in [1.82, 2.24) is 19.5 Å². The van der Waals surface area contributed by atoms with E-state index in [1.54, 1.807) is 18.7 Å². The molecule has 0 aliphatic carbocycles. The van der Waals surface area contributed by atoms with Crippen molar-refractivity contribution in [1.29, 1.82) is 0 Å². The van der Waals surface area contributed by atoms with Crippen LogP contribution in [0.4, 0.5) is 5.82 Å². The molecule has 1 N–H and O–H groups in total. The van der Waals surface area contributed by atoms with Gasteiger partial charge in [-0.15, -0.1) is 0 Å². The maximum absolute atomic E-state index is 4.37. The van der Waals surface area contributed by atoms with E-state index in [0.29, 0.717) is 0 Å². The summed E-state index contributed by atoms with van der Waals surface area (Å²) in [6, 6.07) is 5.99. The number of nitrogens with zero attached hydrogens (tertiary/aromatic N) is 4. The molecule has 0 radical (unpaired) electrons. The van der Waals surface area contributed by atoms with Crippen molar-refractivity contribution >= 4 is 16.9 Å². The molecule has 0 atom stereocenters. The minimum atomic E-state index is 0.814. The van der Waals surface area contributed by atoms with Gasteiger partial charge in [-0.25, -0.2) is 9.97 Å². The molecule has 0 aromatic carbocycles. The first-order valence-corrected chi connectivity index (χ1v) is 6.23. The van der Waals surface area contributed by atoms with E-state index in [2.05, 4.69) is 26.3 Å². The third-order valence-electron chi connectivity index (χ3n) is 3.07. The van der Waals surface area contributed by atoms with Gasteiger partial charge in [0, 0.05) is 32.2 Å². The summed E-state index contributed by atoms with van der Waals surface area (Å²) < 4.78 is 1.99. The Hall–Kier alpha value is -2.43. The molecule has 3 aromatic rings. The van der Waals surface area contributed by atoms with Crippen molar-refractivity contribution in [2.75, 3.05) is 11.9 Å². The Morgan fingerprint density at radius 2 is 2.16 bits per heavy atom. The van der Waals surface area contributed by atoms with Crippen molar-refractivity contribution < 1.29 is 0 Å². The third-order valence-corrected chi connectivity index (χ3v) is 3.07. The maximum atomic E-state index is 4.37. The van der Waals surface area contributed by atoms with Gasteiger partial charge in [0.15, 0.2) is 5.82 Å². The van der Waals surface area contributed by atoms with Gasteiger partial charge in [0.25, 0.3) is 0 Å². The molecule has 19 heavy (non-hydrogen) atoms. The lowest BCUT2D eigenvalue weighted by molar-refractivity contribution is 0.947. The van der Waals surface area contributed by atoms with Crippen molar-refractivity contribution in [3.63, 3.8) is 0 Å². The summed E-state index contributed by atoms with van der Waals surface area (Å²) in [6.45, 7) is 0.814. The van der Waals surface area contributed by atoms with Crippen molar-refractivity contribution in [3.05, 3.63) is 48.7 Å². The number of anilines is 1. The minimum absolute atomic E-state index is 0.814. The van der Waals surface area contributed by atoms with Gasteiger partial charge in [0.1, 0.15) is 5.52 Å². The lowest BCUT2D eigenvalue weighted by Crippen LogP contribution is -2.06. The molecule has 3 heterocycles. The monoisotopic (exact) mass is 253 g/mol. The van der Waals surface area contributed by atoms with Crippen LogP contribution in [-0.4, -0.2) is 26.1 Å². The molecular weight excluding hydrogens is 238 g/mol. The predicted octanol–water partition coefficient (Wildman–Crippen LogP) is 2.02. The fourth-order valence-corrected chi connectivity index (χ4v) is 2.06. The van der Waals surface area contributed by atoms with Crippen LogP contribution in [0.2, 0.25) is 0 Å². The summed E-state index contributed by atoms with van der Waals surface area (Å²) in [5, 5.41) is 3.33. The van der Waals surface area contributed by atoms with Gasteiger partial charge in [-0.1, -0.05) is 6.07 Å². The van der Waals surface area contributed by atoms with Crippen LogP contribution in [-0.2, 0) is 13.5 Å². The summed E-state index contributed by atoms with van der Waals surface area (Å²) in [5.41, 5.74) is 3.21. The van der Waals surface area contributed by atoms with E-state index in [1.807, 2.05) is 29.9 Å². The van der Waals surface area contributed by atoms with Crippen LogP contribution in [0.5, 0.6) is 0 Å². The molecule has 0 saturated carbocycles. The average Bonchev–Trinajstić information content (AvgIpc) is 2.83. The van der Waals surface area contributed by atoms with E-state index in [4.69, 9.17) is 0 Å². The van der Waals surface area contributed by atoms with Crippen LogP contribution >= 0.6 is 0 Å². The molecule has 0 spiro atoms. The lowest BCUT2D eigenvalue weighted by atomic mass is 10.2. The predicted molar refractivity (Wildman–Crippen MR) is 74.9 cm³/mol. The van der Waals surface area contributed by atoms with Gasteiger partial charge in [0.05, 0.1) is 11.8 Å². The van der Waals surface area contributed by atoms with Crippen LogP contribution in [0.1, 0.15) is 5.56 Å². The van der Waals surface area contributed by atoms with E-state index in [-0.39, 0.29) is 0 Å². The molecule has 0 saturated heterocycles. The summed E-state index contributed by atoms with van der Waals surface area (Å²) >= 11 is 0. The molecule has 0 unspecified atom stereocenters. The Kier molecular flexibility index (Phi) is 3.10. The van der Waals surface area contributed by atoms with E-state index in [1.165, 1.54) is 5.56 Å². The average molecular weight is 253 g/mol. The Morgan fingerprint density at radius 3 is 3.00 bits per heavy atom. The topological polar surface area (TPSA) is 55.6 Å². The van der Waals surface area contributed by atoms with Crippen molar-refractivity contribution in [2.24, 2.45) is 7.05 Å². The molecular formula is C14H15N5. The highest BCUT2D eigenvalue weighted by molar-refractivity contribution is 5.85. The second-order valence-electron chi connectivity index (χ2n) is 4.42. The summed E-state index contributed by atoms with van der Waals surface area (Å²) in [6.07, 6.45) is 8.19. The molecule has 5 nitrogen and oxygen atoms in total. The summed E-state index contributed by atoms with van der Waals surface area (Å²) in [4.78, 5) is 12.8. The zero-order chi connectivity index (χ0) is 13.1. The number of hydrogen-bond donors (Lipinski definition) is 1. The van der Waals surface area contributed by atoms with Crippen LogP contribution in [0.3, 0.4) is 0 Å². The first-order chi connectivity index (χ1) is 9.34. The van der Waals surface area contributed by atoms with Gasteiger partial charge in [-0.3, -0.25) is 4.98 Å². The number of imidazole rings is 1. The number of pyridine rings is 2. The first-order valence-electron chi connectivity index (χ1n) is 6.23. The Labute approximate surface area is 111 Å². The number of rotatable bonds is 4. The normalized spacial score (nSPS) is 10.8. The Bertz CT molecular complexity index is 675. The highest BCUT2D eigenvalue weighted by Gasteiger charge is 2.05. The molecule has 3 aromatic heterocycles. The number of nitrogens with one attached hydrogen (secondary N) is 1. The van der Waals surface area contributed by atoms with E-state index < -0.39 is 0 Å². The zero-order valence-corrected chi connectivity index (χ0v) is 10.7. The van der Waals surface area contributed by atoms with Gasteiger partial charge >= 0.3 is 0 Å². The molecule has 0 fully saturated rings. The second kappa shape index (κ2) is 5.06. The number of fused-ring (bicyclic) bond motifs is 1. The third kappa shape index (κ3) is 2.40. The fourth-order valence-electron chi connectivity index (χ4n) is 2.06. The fraction of sp³-hybridized carbons (Fsp3) is 0.214. The molecule has 0 aliphatic heterocycles. The molecule has 0 aliphatic rings. The van der Waals surface area contributed by atoms with Crippen molar-refractivity contribution in [3.8, 4) is 0 Å². The molecule has 96 valence electrons. The number of aryl methyl sites for hydroxylation is 1. The molecule has 5 heteroatoms. The van der Waals surface area contributed by atoms with E-state index in [9.17, 15) is 0 Å². The van der Waals surface area contributed by atoms with Crippen LogP contribution in [0.25, 0.3) is 11.0 Å². The standard InChI is InChI=1S/C14H15N5/c1-19-10-18-13-12(19)5-8-17-14(13)16-7-4-11-3-2-6-15-9-11/h2-3,5-6,8-10H,4,7H2,1H3,(H,16,17). The highest BCUT2D eigenvalue weighted by atomic mass is 15.1. The smallest absolute Gasteiger partial charge is 0.154 e. The molecule has 0 bridgehead atoms. The largest absolute Gasteiger partial charge is 0.368 e. The Morgan fingerprint density at radius 1 is 1.21 bits per heavy atom. The van der Waals surface area contributed by atoms with Gasteiger partial charge in [0.2, 0.25) is 0 Å².